The van der Waals surface area contributed by atoms with E-state index in [4.69, 9.17) is 0 Å². The second kappa shape index (κ2) is 5.50. The molecule has 98 valence electrons. The summed E-state index contributed by atoms with van der Waals surface area (Å²) in [7, 11) is 0. The molecule has 2 aromatic carbocycles. The van der Waals surface area contributed by atoms with Crippen molar-refractivity contribution in [3.05, 3.63) is 59.7 Å². The second-order valence-corrected chi connectivity index (χ2v) is 4.57. The van der Waals surface area contributed by atoms with Gasteiger partial charge >= 0.3 is 0 Å². The summed E-state index contributed by atoms with van der Waals surface area (Å²) in [5.41, 5.74) is 3.57. The number of anilines is 2. The topological polar surface area (TPSA) is 41.1 Å². The first-order chi connectivity index (χ1) is 9.83. The Bertz CT molecular complexity index is 696. The summed E-state index contributed by atoms with van der Waals surface area (Å²) in [5, 5.41) is 6.17. The lowest BCUT2D eigenvalue weighted by atomic mass is 10.1. The number of hydrogen-bond acceptors (Lipinski definition) is 2. The zero-order chi connectivity index (χ0) is 13.8. The van der Waals surface area contributed by atoms with Crippen LogP contribution in [0.3, 0.4) is 0 Å². The van der Waals surface area contributed by atoms with Crippen LogP contribution in [0.15, 0.2) is 48.5 Å². The van der Waals surface area contributed by atoms with Gasteiger partial charge in [-0.15, -0.1) is 0 Å². The Morgan fingerprint density at radius 1 is 0.950 bits per heavy atom. The van der Waals surface area contributed by atoms with Gasteiger partial charge in [-0.25, -0.2) is 0 Å². The Morgan fingerprint density at radius 2 is 1.80 bits per heavy atom. The predicted molar refractivity (Wildman–Crippen MR) is 80.6 cm³/mol. The molecule has 3 heteroatoms. The van der Waals surface area contributed by atoms with E-state index in [1.807, 2.05) is 48.5 Å². The van der Waals surface area contributed by atoms with Crippen molar-refractivity contribution in [3.8, 4) is 11.8 Å². The molecule has 1 aliphatic heterocycles. The summed E-state index contributed by atoms with van der Waals surface area (Å²) in [4.78, 5) is 11.5. The maximum absolute atomic E-state index is 11.5. The fourth-order valence-corrected chi connectivity index (χ4v) is 2.13. The number of carbonyl (C=O) groups excluding carboxylic acids is 1. The molecule has 0 aliphatic carbocycles. The van der Waals surface area contributed by atoms with Gasteiger partial charge in [0.25, 0.3) is 0 Å². The Balaban J connectivity index is 1.97. The molecule has 0 bridgehead atoms. The maximum atomic E-state index is 11.5. The van der Waals surface area contributed by atoms with Crippen molar-refractivity contribution in [2.75, 3.05) is 17.2 Å². The fourth-order valence-electron chi connectivity index (χ4n) is 2.13. The van der Waals surface area contributed by atoms with Crippen LogP contribution in [0, 0.1) is 11.8 Å². The number of hydrogen-bond donors (Lipinski definition) is 2. The van der Waals surface area contributed by atoms with Crippen LogP contribution in [-0.4, -0.2) is 12.5 Å². The number of nitrogens with one attached hydrogen (secondary N) is 2. The van der Waals surface area contributed by atoms with Crippen LogP contribution in [0.2, 0.25) is 0 Å². The SMILES string of the molecule is O=C1CCNc2c(C#Cc3ccccc3)cccc2N1. The molecule has 0 saturated carbocycles. The molecule has 0 atom stereocenters. The van der Waals surface area contributed by atoms with Crippen LogP contribution in [0.4, 0.5) is 11.4 Å². The number of fused-ring (bicyclic) bond motifs is 1. The molecule has 1 aliphatic rings. The van der Waals surface area contributed by atoms with Gasteiger partial charge in [-0.2, -0.15) is 0 Å². The first-order valence-corrected chi connectivity index (χ1v) is 6.57. The van der Waals surface area contributed by atoms with Crippen LogP contribution in [0.1, 0.15) is 17.5 Å². The van der Waals surface area contributed by atoms with Crippen molar-refractivity contribution in [1.29, 1.82) is 0 Å². The molecule has 20 heavy (non-hydrogen) atoms. The summed E-state index contributed by atoms with van der Waals surface area (Å²) in [5.74, 6) is 6.34. The molecule has 2 aromatic rings. The van der Waals surface area contributed by atoms with Gasteiger partial charge in [0.2, 0.25) is 5.91 Å². The summed E-state index contributed by atoms with van der Waals surface area (Å²) >= 11 is 0. The molecule has 0 unspecified atom stereocenters. The number of benzene rings is 2. The van der Waals surface area contributed by atoms with E-state index in [-0.39, 0.29) is 5.91 Å². The highest BCUT2D eigenvalue weighted by Crippen LogP contribution is 2.27. The van der Waals surface area contributed by atoms with Crippen molar-refractivity contribution < 1.29 is 4.79 Å². The largest absolute Gasteiger partial charge is 0.382 e. The highest BCUT2D eigenvalue weighted by atomic mass is 16.1. The summed E-state index contributed by atoms with van der Waals surface area (Å²) < 4.78 is 0. The molecule has 0 fully saturated rings. The molecular formula is C17H14N2O. The van der Waals surface area contributed by atoms with Gasteiger partial charge in [0.1, 0.15) is 0 Å². The number of amides is 1. The third kappa shape index (κ3) is 2.65. The molecule has 1 amide bonds. The average Bonchev–Trinajstić information content (AvgIpc) is 2.67. The summed E-state index contributed by atoms with van der Waals surface area (Å²) in [6.45, 7) is 0.628. The zero-order valence-electron chi connectivity index (χ0n) is 10.9. The summed E-state index contributed by atoms with van der Waals surface area (Å²) in [6, 6.07) is 15.6. The third-order valence-electron chi connectivity index (χ3n) is 3.11. The Labute approximate surface area is 118 Å². The minimum atomic E-state index is 0.0319. The smallest absolute Gasteiger partial charge is 0.226 e. The summed E-state index contributed by atoms with van der Waals surface area (Å²) in [6.07, 6.45) is 0.472. The lowest BCUT2D eigenvalue weighted by molar-refractivity contribution is -0.115. The van der Waals surface area contributed by atoms with Gasteiger partial charge in [0.05, 0.1) is 16.9 Å². The van der Waals surface area contributed by atoms with E-state index in [2.05, 4.69) is 22.5 Å². The van der Waals surface area contributed by atoms with E-state index in [1.54, 1.807) is 0 Å². The van der Waals surface area contributed by atoms with Gasteiger partial charge in [-0.05, 0) is 24.3 Å². The quantitative estimate of drug-likeness (QED) is 0.717. The minimum Gasteiger partial charge on any atom is -0.382 e. The fraction of sp³-hybridized carbons (Fsp3) is 0.118. The van der Waals surface area contributed by atoms with Gasteiger partial charge in [-0.3, -0.25) is 4.79 Å². The molecule has 3 nitrogen and oxygen atoms in total. The van der Waals surface area contributed by atoms with Crippen LogP contribution in [-0.2, 0) is 4.79 Å². The molecule has 0 radical (unpaired) electrons. The highest BCUT2D eigenvalue weighted by Gasteiger charge is 2.13. The van der Waals surface area contributed by atoms with E-state index in [0.29, 0.717) is 13.0 Å². The molecule has 0 spiro atoms. The monoisotopic (exact) mass is 262 g/mol. The van der Waals surface area contributed by atoms with E-state index in [0.717, 1.165) is 22.5 Å². The number of rotatable bonds is 0. The van der Waals surface area contributed by atoms with E-state index in [9.17, 15) is 4.79 Å². The first kappa shape index (κ1) is 12.3. The average molecular weight is 262 g/mol. The van der Waals surface area contributed by atoms with Gasteiger partial charge in [-0.1, -0.05) is 36.1 Å². The van der Waals surface area contributed by atoms with Gasteiger partial charge in [0, 0.05) is 18.5 Å². The molecule has 2 N–H and O–H groups in total. The van der Waals surface area contributed by atoms with Crippen molar-refractivity contribution >= 4 is 17.3 Å². The standard InChI is InChI=1S/C17H14N2O/c20-16-11-12-18-17-14(7-4-8-15(17)19-16)10-9-13-5-2-1-3-6-13/h1-8,18H,11-12H2,(H,19,20). The van der Waals surface area contributed by atoms with Crippen molar-refractivity contribution in [2.24, 2.45) is 0 Å². The van der Waals surface area contributed by atoms with Crippen molar-refractivity contribution in [1.82, 2.24) is 0 Å². The van der Waals surface area contributed by atoms with Crippen LogP contribution >= 0.6 is 0 Å². The molecule has 3 rings (SSSR count). The van der Waals surface area contributed by atoms with E-state index >= 15 is 0 Å². The third-order valence-corrected chi connectivity index (χ3v) is 3.11. The zero-order valence-corrected chi connectivity index (χ0v) is 10.9. The lowest BCUT2D eigenvalue weighted by Crippen LogP contribution is -2.10. The van der Waals surface area contributed by atoms with Crippen LogP contribution < -0.4 is 10.6 Å². The van der Waals surface area contributed by atoms with E-state index in [1.165, 1.54) is 0 Å². The molecule has 1 heterocycles. The predicted octanol–water partition coefficient (Wildman–Crippen LogP) is 2.84. The molecule has 0 aromatic heterocycles. The van der Waals surface area contributed by atoms with Gasteiger partial charge in [0.15, 0.2) is 0 Å². The number of carbonyl (C=O) groups is 1. The number of para-hydroxylation sites is 1. The van der Waals surface area contributed by atoms with Crippen LogP contribution in [0.5, 0.6) is 0 Å². The van der Waals surface area contributed by atoms with Crippen molar-refractivity contribution in [3.63, 3.8) is 0 Å². The van der Waals surface area contributed by atoms with Crippen LogP contribution in [0.25, 0.3) is 0 Å². The Morgan fingerprint density at radius 3 is 2.65 bits per heavy atom. The lowest BCUT2D eigenvalue weighted by Gasteiger charge is -2.09. The van der Waals surface area contributed by atoms with Gasteiger partial charge < -0.3 is 10.6 Å². The normalized spacial score (nSPS) is 13.1. The molecule has 0 saturated heterocycles. The van der Waals surface area contributed by atoms with E-state index < -0.39 is 0 Å². The maximum Gasteiger partial charge on any atom is 0.226 e. The molecular weight excluding hydrogens is 248 g/mol. The van der Waals surface area contributed by atoms with Crippen molar-refractivity contribution in [2.45, 2.75) is 6.42 Å². The Hall–Kier alpha value is -2.73. The Kier molecular flexibility index (Phi) is 3.38. The first-order valence-electron chi connectivity index (χ1n) is 6.57. The second-order valence-electron chi connectivity index (χ2n) is 4.57. The minimum absolute atomic E-state index is 0.0319. The highest BCUT2D eigenvalue weighted by molar-refractivity contribution is 5.97.